The predicted octanol–water partition coefficient (Wildman–Crippen LogP) is 3.62. The molecule has 108 valence electrons. The van der Waals surface area contributed by atoms with Gasteiger partial charge >= 0.3 is 0 Å². The average Bonchev–Trinajstić information content (AvgIpc) is 2.83. The molecule has 0 amide bonds. The summed E-state index contributed by atoms with van der Waals surface area (Å²) in [5.41, 5.74) is 7.27. The van der Waals surface area contributed by atoms with Crippen molar-refractivity contribution in [2.24, 2.45) is 5.73 Å². The minimum atomic E-state index is -0.195. The van der Waals surface area contributed by atoms with Crippen molar-refractivity contribution < 1.29 is 4.74 Å². The first-order valence-corrected chi connectivity index (χ1v) is 8.33. The van der Waals surface area contributed by atoms with E-state index in [1.807, 2.05) is 0 Å². The number of aromatic nitrogens is 1. The summed E-state index contributed by atoms with van der Waals surface area (Å²) in [6, 6.07) is 0. The first kappa shape index (κ1) is 14.9. The Balaban J connectivity index is 2.13. The Morgan fingerprint density at radius 2 is 2.05 bits per heavy atom. The van der Waals surface area contributed by atoms with Crippen LogP contribution < -0.4 is 5.73 Å². The predicted molar refractivity (Wildman–Crippen MR) is 80.5 cm³/mol. The van der Waals surface area contributed by atoms with E-state index in [0.717, 1.165) is 49.4 Å². The molecule has 1 aromatic rings. The Kier molecular flexibility index (Phi) is 4.64. The highest BCUT2D eigenvalue weighted by atomic mass is 32.1. The van der Waals surface area contributed by atoms with Gasteiger partial charge in [-0.3, -0.25) is 0 Å². The first-order valence-electron chi connectivity index (χ1n) is 7.45. The third-order valence-corrected chi connectivity index (χ3v) is 5.46. The standard InChI is InChI=1S/C15H26N2OS/c1-4-15(5-2,18-6-3)13-17-12(11-19-13)10-14(16)8-7-9-14/h11H,4-10,16H2,1-3H3. The normalized spacial score (nSPS) is 18.3. The fraction of sp³-hybridized carbons (Fsp3) is 0.800. The average molecular weight is 282 g/mol. The molecule has 1 aromatic heterocycles. The zero-order valence-electron chi connectivity index (χ0n) is 12.4. The summed E-state index contributed by atoms with van der Waals surface area (Å²) in [5.74, 6) is 0. The summed E-state index contributed by atoms with van der Waals surface area (Å²) in [6.07, 6.45) is 6.39. The molecule has 0 saturated heterocycles. The van der Waals surface area contributed by atoms with Crippen LogP contribution in [0.25, 0.3) is 0 Å². The maximum atomic E-state index is 6.31. The molecule has 1 heterocycles. The number of rotatable bonds is 7. The van der Waals surface area contributed by atoms with E-state index in [9.17, 15) is 0 Å². The van der Waals surface area contributed by atoms with Crippen LogP contribution in [-0.2, 0) is 16.8 Å². The van der Waals surface area contributed by atoms with Crippen molar-refractivity contribution in [2.45, 2.75) is 70.4 Å². The Hall–Kier alpha value is -0.450. The van der Waals surface area contributed by atoms with Gasteiger partial charge in [0.2, 0.25) is 0 Å². The Bertz CT molecular complexity index is 408. The lowest BCUT2D eigenvalue weighted by atomic mass is 9.75. The monoisotopic (exact) mass is 282 g/mol. The lowest BCUT2D eigenvalue weighted by Crippen LogP contribution is -2.48. The summed E-state index contributed by atoms with van der Waals surface area (Å²) in [7, 11) is 0. The van der Waals surface area contributed by atoms with Gasteiger partial charge in [0.1, 0.15) is 10.6 Å². The van der Waals surface area contributed by atoms with Gasteiger partial charge in [-0.25, -0.2) is 4.98 Å². The van der Waals surface area contributed by atoms with E-state index in [4.69, 9.17) is 15.5 Å². The highest BCUT2D eigenvalue weighted by Gasteiger charge is 2.35. The largest absolute Gasteiger partial charge is 0.368 e. The zero-order chi connectivity index (χ0) is 13.9. The van der Waals surface area contributed by atoms with Crippen molar-refractivity contribution in [3.05, 3.63) is 16.1 Å². The molecule has 1 aliphatic carbocycles. The van der Waals surface area contributed by atoms with Crippen molar-refractivity contribution in [3.8, 4) is 0 Å². The van der Waals surface area contributed by atoms with Crippen LogP contribution in [-0.4, -0.2) is 17.1 Å². The minimum Gasteiger partial charge on any atom is -0.368 e. The first-order chi connectivity index (χ1) is 9.07. The van der Waals surface area contributed by atoms with Gasteiger partial charge in [-0.15, -0.1) is 11.3 Å². The van der Waals surface area contributed by atoms with Crippen molar-refractivity contribution in [1.82, 2.24) is 4.98 Å². The molecule has 0 radical (unpaired) electrons. The molecule has 1 aliphatic rings. The second kappa shape index (κ2) is 5.90. The Morgan fingerprint density at radius 3 is 2.53 bits per heavy atom. The van der Waals surface area contributed by atoms with Crippen LogP contribution in [0.5, 0.6) is 0 Å². The summed E-state index contributed by atoms with van der Waals surface area (Å²) in [5, 5.41) is 3.29. The molecular formula is C15H26N2OS. The van der Waals surface area contributed by atoms with Crippen molar-refractivity contribution in [2.75, 3.05) is 6.61 Å². The van der Waals surface area contributed by atoms with Gasteiger partial charge in [0.25, 0.3) is 0 Å². The van der Waals surface area contributed by atoms with Gasteiger partial charge in [0, 0.05) is 23.9 Å². The van der Waals surface area contributed by atoms with Crippen molar-refractivity contribution in [1.29, 1.82) is 0 Å². The fourth-order valence-electron chi connectivity index (χ4n) is 2.86. The van der Waals surface area contributed by atoms with Crippen LogP contribution in [0.2, 0.25) is 0 Å². The molecule has 1 saturated carbocycles. The molecule has 19 heavy (non-hydrogen) atoms. The highest BCUT2D eigenvalue weighted by molar-refractivity contribution is 7.09. The SMILES string of the molecule is CCOC(CC)(CC)c1nc(CC2(N)CCC2)cs1. The summed E-state index contributed by atoms with van der Waals surface area (Å²) in [6.45, 7) is 7.14. The van der Waals surface area contributed by atoms with Crippen molar-refractivity contribution in [3.63, 3.8) is 0 Å². The van der Waals surface area contributed by atoms with Crippen LogP contribution in [0.1, 0.15) is 63.6 Å². The minimum absolute atomic E-state index is 0.0120. The van der Waals surface area contributed by atoms with Crippen LogP contribution in [0.15, 0.2) is 5.38 Å². The van der Waals surface area contributed by atoms with Gasteiger partial charge in [0.15, 0.2) is 0 Å². The van der Waals surface area contributed by atoms with Gasteiger partial charge in [-0.1, -0.05) is 13.8 Å². The topological polar surface area (TPSA) is 48.1 Å². The molecule has 3 nitrogen and oxygen atoms in total. The van der Waals surface area contributed by atoms with E-state index < -0.39 is 0 Å². The van der Waals surface area contributed by atoms with Gasteiger partial charge in [0.05, 0.1) is 5.69 Å². The number of ether oxygens (including phenoxy) is 1. The molecule has 0 atom stereocenters. The second-order valence-electron chi connectivity index (χ2n) is 5.67. The van der Waals surface area contributed by atoms with E-state index in [0.29, 0.717) is 0 Å². The Morgan fingerprint density at radius 1 is 1.37 bits per heavy atom. The second-order valence-corrected chi connectivity index (χ2v) is 6.53. The highest BCUT2D eigenvalue weighted by Crippen LogP contribution is 2.37. The van der Waals surface area contributed by atoms with Crippen LogP contribution in [0.4, 0.5) is 0 Å². The molecule has 0 bridgehead atoms. The molecule has 2 N–H and O–H groups in total. The Labute approximate surface area is 120 Å². The zero-order valence-corrected chi connectivity index (χ0v) is 13.2. The lowest BCUT2D eigenvalue weighted by Gasteiger charge is -2.37. The quantitative estimate of drug-likeness (QED) is 0.831. The number of nitrogens with two attached hydrogens (primary N) is 1. The third kappa shape index (κ3) is 3.01. The van der Waals surface area contributed by atoms with E-state index in [1.165, 1.54) is 6.42 Å². The van der Waals surface area contributed by atoms with E-state index in [-0.39, 0.29) is 11.1 Å². The lowest BCUT2D eigenvalue weighted by molar-refractivity contribution is -0.0507. The van der Waals surface area contributed by atoms with Crippen LogP contribution in [0.3, 0.4) is 0 Å². The van der Waals surface area contributed by atoms with Gasteiger partial charge in [-0.05, 0) is 39.0 Å². The van der Waals surface area contributed by atoms with Crippen molar-refractivity contribution >= 4 is 11.3 Å². The van der Waals surface area contributed by atoms with Gasteiger partial charge in [-0.2, -0.15) is 0 Å². The van der Waals surface area contributed by atoms with Crippen LogP contribution >= 0.6 is 11.3 Å². The smallest absolute Gasteiger partial charge is 0.125 e. The molecule has 1 fully saturated rings. The summed E-state index contributed by atoms with van der Waals surface area (Å²) in [4.78, 5) is 4.82. The maximum absolute atomic E-state index is 6.31. The summed E-state index contributed by atoms with van der Waals surface area (Å²) < 4.78 is 6.01. The number of hydrogen-bond acceptors (Lipinski definition) is 4. The molecule has 0 aromatic carbocycles. The van der Waals surface area contributed by atoms with E-state index in [1.54, 1.807) is 11.3 Å². The summed E-state index contributed by atoms with van der Waals surface area (Å²) >= 11 is 1.73. The number of nitrogens with zero attached hydrogens (tertiary/aromatic N) is 1. The molecule has 0 aliphatic heterocycles. The fourth-order valence-corrected chi connectivity index (χ4v) is 3.98. The molecule has 0 unspecified atom stereocenters. The van der Waals surface area contributed by atoms with Gasteiger partial charge < -0.3 is 10.5 Å². The number of hydrogen-bond donors (Lipinski definition) is 1. The van der Waals surface area contributed by atoms with Crippen LogP contribution in [0, 0.1) is 0 Å². The molecule has 0 spiro atoms. The van der Waals surface area contributed by atoms with E-state index >= 15 is 0 Å². The molecule has 2 rings (SSSR count). The van der Waals surface area contributed by atoms with E-state index in [2.05, 4.69) is 26.2 Å². The number of thiazole rings is 1. The molecular weight excluding hydrogens is 256 g/mol. The maximum Gasteiger partial charge on any atom is 0.125 e. The third-order valence-electron chi connectivity index (χ3n) is 4.39. The molecule has 4 heteroatoms.